The van der Waals surface area contributed by atoms with Crippen LogP contribution >= 0.6 is 0 Å². The lowest BCUT2D eigenvalue weighted by Gasteiger charge is -2.34. The Hall–Kier alpha value is -0.610. The zero-order valence-corrected chi connectivity index (χ0v) is 12.2. The molecule has 0 bridgehead atoms. The number of nitrogens with two attached hydrogens (primary N) is 1. The molecule has 0 saturated carbocycles. The van der Waals surface area contributed by atoms with E-state index in [1.54, 1.807) is 0 Å². The molecule has 2 atom stereocenters. The van der Waals surface area contributed by atoms with Crippen molar-refractivity contribution in [2.45, 2.75) is 52.6 Å². The summed E-state index contributed by atoms with van der Waals surface area (Å²) < 4.78 is 5.32. The molecule has 1 aliphatic rings. The monoisotopic (exact) mass is 256 g/mol. The van der Waals surface area contributed by atoms with Gasteiger partial charge in [0.25, 0.3) is 0 Å². The van der Waals surface area contributed by atoms with E-state index in [0.29, 0.717) is 25.2 Å². The quantitative estimate of drug-likeness (QED) is 0.786. The summed E-state index contributed by atoms with van der Waals surface area (Å²) in [6.07, 6.45) is 2.00. The molecule has 0 spiro atoms. The van der Waals surface area contributed by atoms with Gasteiger partial charge in [0.15, 0.2) is 0 Å². The van der Waals surface area contributed by atoms with Crippen molar-refractivity contribution in [2.24, 2.45) is 17.6 Å². The van der Waals surface area contributed by atoms with Crippen LogP contribution in [-0.2, 0) is 9.53 Å². The van der Waals surface area contributed by atoms with Gasteiger partial charge in [0.2, 0.25) is 5.91 Å². The Labute approximate surface area is 111 Å². The lowest BCUT2D eigenvalue weighted by Crippen LogP contribution is -2.49. The Kier molecular flexibility index (Phi) is 6.09. The van der Waals surface area contributed by atoms with Gasteiger partial charge in [-0.1, -0.05) is 27.7 Å². The van der Waals surface area contributed by atoms with Crippen LogP contribution in [0.4, 0.5) is 0 Å². The second-order valence-corrected chi connectivity index (χ2v) is 5.66. The number of carbonyl (C=O) groups excluding carboxylic acids is 1. The van der Waals surface area contributed by atoms with E-state index >= 15 is 0 Å². The molecule has 1 heterocycles. The van der Waals surface area contributed by atoms with Gasteiger partial charge in [-0.15, -0.1) is 0 Å². The van der Waals surface area contributed by atoms with Crippen LogP contribution < -0.4 is 5.73 Å². The summed E-state index contributed by atoms with van der Waals surface area (Å²) in [6.45, 7) is 10.4. The van der Waals surface area contributed by atoms with Gasteiger partial charge in [0, 0.05) is 18.6 Å². The maximum absolute atomic E-state index is 12.6. The molecule has 0 aromatic rings. The van der Waals surface area contributed by atoms with Crippen molar-refractivity contribution >= 4 is 5.91 Å². The van der Waals surface area contributed by atoms with Crippen LogP contribution in [0, 0.1) is 11.8 Å². The Morgan fingerprint density at radius 3 is 2.33 bits per heavy atom. The molecule has 4 heteroatoms. The average molecular weight is 256 g/mol. The standard InChI is InChI=1S/C14H28N2O2/c1-5-11(6-2)16(7-10(3)4)14(17)12-8-18-9-13(12)15/h10-13H,5-9,15H2,1-4H3. The van der Waals surface area contributed by atoms with Crippen LogP contribution in [0.25, 0.3) is 0 Å². The Bertz CT molecular complexity index is 265. The van der Waals surface area contributed by atoms with Crippen LogP contribution in [-0.4, -0.2) is 42.6 Å². The third-order valence-electron chi connectivity index (χ3n) is 3.67. The molecule has 1 fully saturated rings. The van der Waals surface area contributed by atoms with Crippen molar-refractivity contribution in [1.82, 2.24) is 4.90 Å². The van der Waals surface area contributed by atoms with Gasteiger partial charge in [-0.3, -0.25) is 4.79 Å². The Balaban J connectivity index is 2.77. The SMILES string of the molecule is CCC(CC)N(CC(C)C)C(=O)C1COCC1N. The molecule has 18 heavy (non-hydrogen) atoms. The van der Waals surface area contributed by atoms with Crippen molar-refractivity contribution in [2.75, 3.05) is 19.8 Å². The van der Waals surface area contributed by atoms with Crippen molar-refractivity contribution in [3.05, 3.63) is 0 Å². The van der Waals surface area contributed by atoms with E-state index in [9.17, 15) is 4.79 Å². The van der Waals surface area contributed by atoms with E-state index in [0.717, 1.165) is 19.4 Å². The smallest absolute Gasteiger partial charge is 0.229 e. The van der Waals surface area contributed by atoms with Crippen LogP contribution in [0.15, 0.2) is 0 Å². The lowest BCUT2D eigenvalue weighted by atomic mass is 9.99. The predicted molar refractivity (Wildman–Crippen MR) is 73.2 cm³/mol. The number of rotatable bonds is 6. The van der Waals surface area contributed by atoms with E-state index in [4.69, 9.17) is 10.5 Å². The fraction of sp³-hybridized carbons (Fsp3) is 0.929. The zero-order chi connectivity index (χ0) is 13.7. The van der Waals surface area contributed by atoms with Gasteiger partial charge in [-0.25, -0.2) is 0 Å². The van der Waals surface area contributed by atoms with Gasteiger partial charge < -0.3 is 15.4 Å². The first kappa shape index (κ1) is 15.4. The summed E-state index contributed by atoms with van der Waals surface area (Å²) >= 11 is 0. The average Bonchev–Trinajstić information content (AvgIpc) is 2.74. The van der Waals surface area contributed by atoms with E-state index in [1.807, 2.05) is 4.90 Å². The molecule has 0 aromatic heterocycles. The highest BCUT2D eigenvalue weighted by Gasteiger charge is 2.36. The molecule has 1 saturated heterocycles. The fourth-order valence-corrected chi connectivity index (χ4v) is 2.58. The first-order valence-corrected chi connectivity index (χ1v) is 7.15. The molecule has 0 radical (unpaired) electrons. The van der Waals surface area contributed by atoms with E-state index < -0.39 is 0 Å². The lowest BCUT2D eigenvalue weighted by molar-refractivity contribution is -0.139. The highest BCUT2D eigenvalue weighted by molar-refractivity contribution is 5.80. The predicted octanol–water partition coefficient (Wildman–Crippen LogP) is 1.63. The van der Waals surface area contributed by atoms with Gasteiger partial charge in [-0.2, -0.15) is 0 Å². The molecule has 1 rings (SSSR count). The summed E-state index contributed by atoms with van der Waals surface area (Å²) in [5.74, 6) is 0.514. The number of hydrogen-bond donors (Lipinski definition) is 1. The largest absolute Gasteiger partial charge is 0.379 e. The van der Waals surface area contributed by atoms with Crippen LogP contribution in [0.5, 0.6) is 0 Å². The van der Waals surface area contributed by atoms with E-state index in [-0.39, 0.29) is 17.9 Å². The number of amides is 1. The molecule has 106 valence electrons. The first-order valence-electron chi connectivity index (χ1n) is 7.15. The normalized spacial score (nSPS) is 23.9. The molecule has 0 aromatic carbocycles. The van der Waals surface area contributed by atoms with Crippen LogP contribution in [0.1, 0.15) is 40.5 Å². The highest BCUT2D eigenvalue weighted by Crippen LogP contribution is 2.20. The molecule has 2 N–H and O–H groups in total. The topological polar surface area (TPSA) is 55.6 Å². The van der Waals surface area contributed by atoms with Crippen molar-refractivity contribution in [3.63, 3.8) is 0 Å². The molecule has 4 nitrogen and oxygen atoms in total. The Morgan fingerprint density at radius 2 is 1.94 bits per heavy atom. The highest BCUT2D eigenvalue weighted by atomic mass is 16.5. The third-order valence-corrected chi connectivity index (χ3v) is 3.67. The summed E-state index contributed by atoms with van der Waals surface area (Å²) in [7, 11) is 0. The van der Waals surface area contributed by atoms with Crippen LogP contribution in [0.2, 0.25) is 0 Å². The second kappa shape index (κ2) is 7.10. The van der Waals surface area contributed by atoms with Gasteiger partial charge in [0.05, 0.1) is 19.1 Å². The summed E-state index contributed by atoms with van der Waals surface area (Å²) in [6, 6.07) is 0.189. The minimum Gasteiger partial charge on any atom is -0.379 e. The van der Waals surface area contributed by atoms with Gasteiger partial charge >= 0.3 is 0 Å². The van der Waals surface area contributed by atoms with Crippen molar-refractivity contribution in [1.29, 1.82) is 0 Å². The maximum atomic E-state index is 12.6. The molecule has 1 amide bonds. The minimum atomic E-state index is -0.149. The zero-order valence-electron chi connectivity index (χ0n) is 12.2. The minimum absolute atomic E-state index is 0.137. The molecular weight excluding hydrogens is 228 g/mol. The van der Waals surface area contributed by atoms with Crippen LogP contribution in [0.3, 0.4) is 0 Å². The fourth-order valence-electron chi connectivity index (χ4n) is 2.58. The van der Waals surface area contributed by atoms with Gasteiger partial charge in [-0.05, 0) is 18.8 Å². The number of ether oxygens (including phenoxy) is 1. The van der Waals surface area contributed by atoms with E-state index in [1.165, 1.54) is 0 Å². The summed E-state index contributed by atoms with van der Waals surface area (Å²) in [4.78, 5) is 14.6. The second-order valence-electron chi connectivity index (χ2n) is 5.66. The summed E-state index contributed by atoms with van der Waals surface area (Å²) in [5, 5.41) is 0. The van der Waals surface area contributed by atoms with E-state index in [2.05, 4.69) is 27.7 Å². The molecule has 1 aliphatic heterocycles. The molecule has 0 aliphatic carbocycles. The van der Waals surface area contributed by atoms with Crippen molar-refractivity contribution in [3.8, 4) is 0 Å². The van der Waals surface area contributed by atoms with Gasteiger partial charge in [0.1, 0.15) is 0 Å². The Morgan fingerprint density at radius 1 is 1.33 bits per heavy atom. The van der Waals surface area contributed by atoms with Crippen molar-refractivity contribution < 1.29 is 9.53 Å². The maximum Gasteiger partial charge on any atom is 0.229 e. The molecular formula is C14H28N2O2. The number of hydrogen-bond acceptors (Lipinski definition) is 3. The number of nitrogens with zero attached hydrogens (tertiary/aromatic N) is 1. The summed E-state index contributed by atoms with van der Waals surface area (Å²) in [5.41, 5.74) is 5.96. The third kappa shape index (κ3) is 3.69. The number of carbonyl (C=O) groups is 1. The molecule has 2 unspecified atom stereocenters. The first-order chi connectivity index (χ1) is 8.51.